The summed E-state index contributed by atoms with van der Waals surface area (Å²) in [5, 5.41) is 6.04. The van der Waals surface area contributed by atoms with Crippen molar-refractivity contribution in [2.45, 2.75) is 38.6 Å². The van der Waals surface area contributed by atoms with Gasteiger partial charge in [-0.15, -0.1) is 0 Å². The standard InChI is InChI=1S/C20H23F3N4O5/c1-19(2,3)31-18(29)27-8-9-30-11-14(27)10-24-16(28)13-6-4-12(5-7-13)15-25-17(32-26-15)20(21,22)23/h4-7,14H,8-11H2,1-3H3,(H,24,28)/t14-/m0/s1. The van der Waals surface area contributed by atoms with E-state index in [1.807, 2.05) is 0 Å². The fourth-order valence-electron chi connectivity index (χ4n) is 2.92. The van der Waals surface area contributed by atoms with Crippen LogP contribution in [-0.2, 0) is 15.7 Å². The molecule has 1 saturated heterocycles. The molecule has 1 atom stereocenters. The van der Waals surface area contributed by atoms with Gasteiger partial charge in [-0.1, -0.05) is 17.3 Å². The summed E-state index contributed by atoms with van der Waals surface area (Å²) in [4.78, 5) is 29.7. The zero-order valence-corrected chi connectivity index (χ0v) is 17.7. The summed E-state index contributed by atoms with van der Waals surface area (Å²) >= 11 is 0. The number of ether oxygens (including phenoxy) is 2. The number of nitrogens with one attached hydrogen (secondary N) is 1. The monoisotopic (exact) mass is 456 g/mol. The van der Waals surface area contributed by atoms with Crippen molar-refractivity contribution in [3.05, 3.63) is 35.7 Å². The molecule has 1 fully saturated rings. The van der Waals surface area contributed by atoms with E-state index in [0.717, 1.165) is 0 Å². The number of nitrogens with zero attached hydrogens (tertiary/aromatic N) is 3. The second-order valence-corrected chi connectivity index (χ2v) is 8.11. The molecule has 1 N–H and O–H groups in total. The maximum absolute atomic E-state index is 12.6. The maximum Gasteiger partial charge on any atom is 0.471 e. The van der Waals surface area contributed by atoms with E-state index >= 15 is 0 Å². The van der Waals surface area contributed by atoms with Crippen molar-refractivity contribution in [3.63, 3.8) is 0 Å². The Morgan fingerprint density at radius 2 is 1.91 bits per heavy atom. The molecule has 12 heteroatoms. The first-order valence-electron chi connectivity index (χ1n) is 9.81. The molecule has 0 spiro atoms. The number of rotatable bonds is 4. The number of carbonyl (C=O) groups excluding carboxylic acids is 2. The third-order valence-corrected chi connectivity index (χ3v) is 4.43. The number of aromatic nitrogens is 2. The molecule has 1 aliphatic rings. The van der Waals surface area contributed by atoms with Gasteiger partial charge in [-0.3, -0.25) is 9.69 Å². The highest BCUT2D eigenvalue weighted by molar-refractivity contribution is 5.94. The van der Waals surface area contributed by atoms with Gasteiger partial charge < -0.3 is 19.3 Å². The van der Waals surface area contributed by atoms with Crippen LogP contribution in [0, 0.1) is 0 Å². The van der Waals surface area contributed by atoms with Gasteiger partial charge in [0.05, 0.1) is 19.3 Å². The maximum atomic E-state index is 12.6. The van der Waals surface area contributed by atoms with E-state index in [0.29, 0.717) is 13.2 Å². The number of amides is 2. The number of halogens is 3. The molecule has 3 rings (SSSR count). The van der Waals surface area contributed by atoms with Crippen molar-refractivity contribution in [2.24, 2.45) is 0 Å². The summed E-state index contributed by atoms with van der Waals surface area (Å²) in [6, 6.07) is 5.28. The summed E-state index contributed by atoms with van der Waals surface area (Å²) in [5.74, 6) is -2.11. The lowest BCUT2D eigenvalue weighted by molar-refractivity contribution is -0.159. The molecule has 1 aromatic carbocycles. The lowest BCUT2D eigenvalue weighted by Gasteiger charge is -2.36. The van der Waals surface area contributed by atoms with Crippen LogP contribution in [0.2, 0.25) is 0 Å². The Morgan fingerprint density at radius 1 is 1.22 bits per heavy atom. The third kappa shape index (κ3) is 5.96. The highest BCUT2D eigenvalue weighted by Gasteiger charge is 2.38. The van der Waals surface area contributed by atoms with Crippen LogP contribution in [0.4, 0.5) is 18.0 Å². The van der Waals surface area contributed by atoms with Crippen LogP contribution in [0.1, 0.15) is 37.0 Å². The number of hydrogen-bond donors (Lipinski definition) is 1. The first-order chi connectivity index (χ1) is 14.9. The summed E-state index contributed by atoms with van der Waals surface area (Å²) in [6.07, 6.45) is -5.22. The molecule has 0 radical (unpaired) electrons. The van der Waals surface area contributed by atoms with Crippen LogP contribution in [0.5, 0.6) is 0 Å². The van der Waals surface area contributed by atoms with Gasteiger partial charge in [-0.2, -0.15) is 18.2 Å². The lowest BCUT2D eigenvalue weighted by Crippen LogP contribution is -2.54. The normalized spacial score (nSPS) is 17.2. The quantitative estimate of drug-likeness (QED) is 0.753. The van der Waals surface area contributed by atoms with Crippen molar-refractivity contribution in [1.82, 2.24) is 20.4 Å². The van der Waals surface area contributed by atoms with Crippen molar-refractivity contribution >= 4 is 12.0 Å². The third-order valence-electron chi connectivity index (χ3n) is 4.43. The highest BCUT2D eigenvalue weighted by atomic mass is 19.4. The first-order valence-corrected chi connectivity index (χ1v) is 9.81. The van der Waals surface area contributed by atoms with E-state index in [-0.39, 0.29) is 30.1 Å². The Labute approximate surface area is 181 Å². The van der Waals surface area contributed by atoms with Crippen LogP contribution in [0.15, 0.2) is 28.8 Å². The topological polar surface area (TPSA) is 107 Å². The van der Waals surface area contributed by atoms with E-state index in [1.54, 1.807) is 20.8 Å². The van der Waals surface area contributed by atoms with Crippen LogP contribution < -0.4 is 5.32 Å². The van der Waals surface area contributed by atoms with Gasteiger partial charge in [0.1, 0.15) is 5.60 Å². The van der Waals surface area contributed by atoms with E-state index in [9.17, 15) is 22.8 Å². The Morgan fingerprint density at radius 3 is 2.50 bits per heavy atom. The number of alkyl halides is 3. The molecule has 0 aliphatic carbocycles. The molecule has 32 heavy (non-hydrogen) atoms. The number of hydrogen-bond acceptors (Lipinski definition) is 7. The average Bonchev–Trinajstić information content (AvgIpc) is 3.22. The highest BCUT2D eigenvalue weighted by Crippen LogP contribution is 2.29. The molecule has 2 heterocycles. The zero-order valence-electron chi connectivity index (χ0n) is 17.7. The van der Waals surface area contributed by atoms with Crippen molar-refractivity contribution in [1.29, 1.82) is 0 Å². The molecule has 0 saturated carbocycles. The Hall–Kier alpha value is -3.15. The molecule has 1 aromatic heterocycles. The molecule has 0 unspecified atom stereocenters. The summed E-state index contributed by atoms with van der Waals surface area (Å²) < 4.78 is 52.8. The summed E-state index contributed by atoms with van der Waals surface area (Å²) in [5.41, 5.74) is -0.115. The van der Waals surface area contributed by atoms with E-state index in [2.05, 4.69) is 20.0 Å². The van der Waals surface area contributed by atoms with Gasteiger partial charge >= 0.3 is 18.2 Å². The first kappa shape index (κ1) is 23.5. The number of benzene rings is 1. The van der Waals surface area contributed by atoms with Crippen molar-refractivity contribution < 1.29 is 36.8 Å². The number of morpholine rings is 1. The molecule has 2 aromatic rings. The largest absolute Gasteiger partial charge is 0.471 e. The van der Waals surface area contributed by atoms with Gasteiger partial charge in [0, 0.05) is 24.2 Å². The molecule has 174 valence electrons. The second kappa shape index (κ2) is 9.15. The van der Waals surface area contributed by atoms with Gasteiger partial charge in [-0.25, -0.2) is 4.79 Å². The van der Waals surface area contributed by atoms with Gasteiger partial charge in [-0.05, 0) is 32.9 Å². The minimum Gasteiger partial charge on any atom is -0.444 e. The van der Waals surface area contributed by atoms with Gasteiger partial charge in [0.15, 0.2) is 0 Å². The SMILES string of the molecule is CC(C)(C)OC(=O)N1CCOC[C@@H]1CNC(=O)c1ccc(-c2noc(C(F)(F)F)n2)cc1. The van der Waals surface area contributed by atoms with Crippen LogP contribution in [0.3, 0.4) is 0 Å². The fourth-order valence-corrected chi connectivity index (χ4v) is 2.92. The van der Waals surface area contributed by atoms with E-state index < -0.39 is 35.7 Å². The van der Waals surface area contributed by atoms with E-state index in [4.69, 9.17) is 9.47 Å². The Balaban J connectivity index is 1.60. The molecular formula is C20H23F3N4O5. The molecule has 1 aliphatic heterocycles. The molecule has 2 amide bonds. The molecular weight excluding hydrogens is 433 g/mol. The van der Waals surface area contributed by atoms with E-state index in [1.165, 1.54) is 29.2 Å². The number of carbonyl (C=O) groups is 2. The predicted molar refractivity (Wildman–Crippen MR) is 105 cm³/mol. The lowest BCUT2D eigenvalue weighted by atomic mass is 10.1. The Kier molecular flexibility index (Phi) is 6.72. The van der Waals surface area contributed by atoms with Crippen molar-refractivity contribution in [3.8, 4) is 11.4 Å². The molecule has 9 nitrogen and oxygen atoms in total. The zero-order chi connectivity index (χ0) is 23.5. The van der Waals surface area contributed by atoms with Gasteiger partial charge in [0.25, 0.3) is 5.91 Å². The summed E-state index contributed by atoms with van der Waals surface area (Å²) in [7, 11) is 0. The van der Waals surface area contributed by atoms with Crippen LogP contribution in [-0.4, -0.2) is 65.0 Å². The van der Waals surface area contributed by atoms with Crippen LogP contribution in [0.25, 0.3) is 11.4 Å². The van der Waals surface area contributed by atoms with Gasteiger partial charge in [0.2, 0.25) is 5.82 Å². The average molecular weight is 456 g/mol. The fraction of sp³-hybridized carbons (Fsp3) is 0.500. The van der Waals surface area contributed by atoms with Crippen LogP contribution >= 0.6 is 0 Å². The smallest absolute Gasteiger partial charge is 0.444 e. The second-order valence-electron chi connectivity index (χ2n) is 8.11. The minimum atomic E-state index is -4.74. The molecule has 0 bridgehead atoms. The minimum absolute atomic E-state index is 0.139. The predicted octanol–water partition coefficient (Wildman–Crippen LogP) is 3.12. The Bertz CT molecular complexity index is 953. The summed E-state index contributed by atoms with van der Waals surface area (Å²) in [6.45, 7) is 6.41. The van der Waals surface area contributed by atoms with Crippen molar-refractivity contribution in [2.75, 3.05) is 26.3 Å².